The maximum Gasteiger partial charge on any atom is 0.262 e. The van der Waals surface area contributed by atoms with E-state index in [1.807, 2.05) is 13.0 Å². The maximum atomic E-state index is 12.6. The third-order valence-electron chi connectivity index (χ3n) is 4.15. The summed E-state index contributed by atoms with van der Waals surface area (Å²) in [4.78, 5) is 0.559. The second-order valence-corrected chi connectivity index (χ2v) is 9.54. The highest BCUT2D eigenvalue weighted by Crippen LogP contribution is 2.29. The van der Waals surface area contributed by atoms with E-state index in [0.29, 0.717) is 35.4 Å². The number of nitrogens with one attached hydrogen (secondary N) is 1. The summed E-state index contributed by atoms with van der Waals surface area (Å²) in [7, 11) is -6.95. The molecule has 0 saturated heterocycles. The SMILES string of the molecule is CCc1ccccc1S(=O)(=O)Nc1ccc2c(c1)CCCS2(=O)=O. The number of rotatable bonds is 4. The Kier molecular flexibility index (Phi) is 4.40. The van der Waals surface area contributed by atoms with Crippen molar-refractivity contribution in [1.82, 2.24) is 0 Å². The third-order valence-corrected chi connectivity index (χ3v) is 7.53. The molecule has 0 atom stereocenters. The van der Waals surface area contributed by atoms with Gasteiger partial charge in [0.1, 0.15) is 0 Å². The van der Waals surface area contributed by atoms with Gasteiger partial charge in [-0.25, -0.2) is 16.8 Å². The van der Waals surface area contributed by atoms with Gasteiger partial charge in [-0.05, 0) is 54.7 Å². The van der Waals surface area contributed by atoms with Crippen molar-refractivity contribution in [2.75, 3.05) is 10.5 Å². The molecule has 128 valence electrons. The van der Waals surface area contributed by atoms with E-state index in [-0.39, 0.29) is 10.6 Å². The van der Waals surface area contributed by atoms with Crippen molar-refractivity contribution in [2.24, 2.45) is 0 Å². The number of anilines is 1. The number of sulfonamides is 1. The van der Waals surface area contributed by atoms with Crippen molar-refractivity contribution in [3.63, 3.8) is 0 Å². The van der Waals surface area contributed by atoms with E-state index in [0.717, 1.165) is 5.56 Å². The Bertz CT molecular complexity index is 979. The van der Waals surface area contributed by atoms with Crippen LogP contribution < -0.4 is 4.72 Å². The van der Waals surface area contributed by atoms with Crippen LogP contribution in [-0.4, -0.2) is 22.6 Å². The molecule has 1 aliphatic heterocycles. The number of sulfone groups is 1. The zero-order chi connectivity index (χ0) is 17.4. The van der Waals surface area contributed by atoms with Crippen molar-refractivity contribution in [2.45, 2.75) is 36.0 Å². The van der Waals surface area contributed by atoms with Crippen molar-refractivity contribution in [3.05, 3.63) is 53.6 Å². The van der Waals surface area contributed by atoms with Crippen LogP contribution in [-0.2, 0) is 32.7 Å². The van der Waals surface area contributed by atoms with Gasteiger partial charge in [0.25, 0.3) is 10.0 Å². The van der Waals surface area contributed by atoms with Crippen LogP contribution in [0.15, 0.2) is 52.3 Å². The number of aryl methyl sites for hydroxylation is 2. The molecular weight excluding hydrogens is 346 g/mol. The van der Waals surface area contributed by atoms with Gasteiger partial charge >= 0.3 is 0 Å². The first-order chi connectivity index (χ1) is 11.3. The van der Waals surface area contributed by atoms with Crippen LogP contribution in [0.2, 0.25) is 0 Å². The summed E-state index contributed by atoms with van der Waals surface area (Å²) in [5.41, 5.74) is 1.80. The highest BCUT2D eigenvalue weighted by molar-refractivity contribution is 7.92. The van der Waals surface area contributed by atoms with Crippen LogP contribution in [0.4, 0.5) is 5.69 Å². The van der Waals surface area contributed by atoms with Gasteiger partial charge in [-0.15, -0.1) is 0 Å². The summed E-state index contributed by atoms with van der Waals surface area (Å²) < 4.78 is 51.9. The van der Waals surface area contributed by atoms with Gasteiger partial charge in [0.2, 0.25) is 0 Å². The summed E-state index contributed by atoms with van der Waals surface area (Å²) in [5, 5.41) is 0. The highest BCUT2D eigenvalue weighted by Gasteiger charge is 2.24. The molecule has 1 heterocycles. The first-order valence-corrected chi connectivity index (χ1v) is 10.9. The van der Waals surface area contributed by atoms with Crippen molar-refractivity contribution < 1.29 is 16.8 Å². The van der Waals surface area contributed by atoms with E-state index < -0.39 is 19.9 Å². The quantitative estimate of drug-likeness (QED) is 0.903. The van der Waals surface area contributed by atoms with Gasteiger partial charge in [0, 0.05) is 5.69 Å². The van der Waals surface area contributed by atoms with E-state index in [9.17, 15) is 16.8 Å². The van der Waals surface area contributed by atoms with Gasteiger partial charge < -0.3 is 0 Å². The smallest absolute Gasteiger partial charge is 0.262 e. The molecule has 1 N–H and O–H groups in total. The van der Waals surface area contributed by atoms with Crippen LogP contribution in [0.5, 0.6) is 0 Å². The Morgan fingerprint density at radius 3 is 2.62 bits per heavy atom. The molecule has 0 radical (unpaired) electrons. The topological polar surface area (TPSA) is 80.3 Å². The second-order valence-electron chi connectivity index (χ2n) is 5.81. The van der Waals surface area contributed by atoms with Crippen LogP contribution in [0, 0.1) is 0 Å². The zero-order valence-corrected chi connectivity index (χ0v) is 15.0. The van der Waals surface area contributed by atoms with E-state index in [1.54, 1.807) is 24.3 Å². The Balaban J connectivity index is 1.97. The van der Waals surface area contributed by atoms with Crippen LogP contribution in [0.1, 0.15) is 24.5 Å². The molecule has 0 unspecified atom stereocenters. The average Bonchev–Trinajstić information content (AvgIpc) is 2.54. The molecule has 7 heteroatoms. The minimum Gasteiger partial charge on any atom is -0.280 e. The molecule has 5 nitrogen and oxygen atoms in total. The summed E-state index contributed by atoms with van der Waals surface area (Å²) in [6.07, 6.45) is 1.80. The van der Waals surface area contributed by atoms with E-state index in [4.69, 9.17) is 0 Å². The van der Waals surface area contributed by atoms with E-state index in [1.165, 1.54) is 12.1 Å². The molecule has 0 fully saturated rings. The first kappa shape index (κ1) is 17.0. The number of benzene rings is 2. The molecule has 0 spiro atoms. The maximum absolute atomic E-state index is 12.6. The van der Waals surface area contributed by atoms with Gasteiger partial charge in [-0.1, -0.05) is 25.1 Å². The van der Waals surface area contributed by atoms with Crippen molar-refractivity contribution >= 4 is 25.5 Å². The molecule has 24 heavy (non-hydrogen) atoms. The molecule has 0 saturated carbocycles. The van der Waals surface area contributed by atoms with Gasteiger partial charge in [-0.2, -0.15) is 0 Å². The largest absolute Gasteiger partial charge is 0.280 e. The average molecular weight is 365 g/mol. The molecular formula is C17H19NO4S2. The molecule has 2 aromatic carbocycles. The summed E-state index contributed by atoms with van der Waals surface area (Å²) in [6.45, 7) is 1.90. The summed E-state index contributed by atoms with van der Waals surface area (Å²) in [6, 6.07) is 11.5. The third kappa shape index (κ3) is 3.18. The molecule has 0 aromatic heterocycles. The molecule has 0 amide bonds. The molecule has 1 aliphatic rings. The Morgan fingerprint density at radius 2 is 1.88 bits per heavy atom. The second kappa shape index (κ2) is 6.22. The van der Waals surface area contributed by atoms with Gasteiger partial charge in [0.05, 0.1) is 15.5 Å². The Labute approximate surface area is 142 Å². The van der Waals surface area contributed by atoms with Crippen LogP contribution >= 0.6 is 0 Å². The van der Waals surface area contributed by atoms with Crippen molar-refractivity contribution in [1.29, 1.82) is 0 Å². The fourth-order valence-corrected chi connectivity index (χ4v) is 5.92. The summed E-state index contributed by atoms with van der Waals surface area (Å²) >= 11 is 0. The molecule has 0 aliphatic carbocycles. The number of hydrogen-bond donors (Lipinski definition) is 1. The monoisotopic (exact) mass is 365 g/mol. The van der Waals surface area contributed by atoms with Crippen LogP contribution in [0.25, 0.3) is 0 Å². The number of fused-ring (bicyclic) bond motifs is 1. The predicted octanol–water partition coefficient (Wildman–Crippen LogP) is 2.77. The van der Waals surface area contributed by atoms with Crippen molar-refractivity contribution in [3.8, 4) is 0 Å². The predicted molar refractivity (Wildman–Crippen MR) is 93.4 cm³/mol. The Morgan fingerprint density at radius 1 is 1.12 bits per heavy atom. The standard InChI is InChI=1S/C17H19NO4S2/c1-2-13-6-3-4-8-17(13)24(21,22)18-15-9-10-16-14(12-15)7-5-11-23(16,19)20/h3-4,6,8-10,12,18H,2,5,7,11H2,1H3. The van der Waals surface area contributed by atoms with Gasteiger partial charge in [-0.3, -0.25) is 4.72 Å². The lowest BCUT2D eigenvalue weighted by atomic mass is 10.1. The summed E-state index contributed by atoms with van der Waals surface area (Å²) in [5.74, 6) is 0.148. The zero-order valence-electron chi connectivity index (χ0n) is 13.3. The fourth-order valence-electron chi connectivity index (χ4n) is 2.97. The minimum absolute atomic E-state index is 0.148. The van der Waals surface area contributed by atoms with Crippen LogP contribution in [0.3, 0.4) is 0 Å². The van der Waals surface area contributed by atoms with E-state index >= 15 is 0 Å². The Hall–Kier alpha value is -1.86. The highest BCUT2D eigenvalue weighted by atomic mass is 32.2. The lowest BCUT2D eigenvalue weighted by Crippen LogP contribution is -2.18. The van der Waals surface area contributed by atoms with Gasteiger partial charge in [0.15, 0.2) is 9.84 Å². The molecule has 3 rings (SSSR count). The first-order valence-electron chi connectivity index (χ1n) is 7.80. The fraction of sp³-hybridized carbons (Fsp3) is 0.294. The van der Waals surface area contributed by atoms with E-state index in [2.05, 4.69) is 4.72 Å². The molecule has 2 aromatic rings. The number of hydrogen-bond acceptors (Lipinski definition) is 4. The lowest BCUT2D eigenvalue weighted by Gasteiger charge is -2.18. The lowest BCUT2D eigenvalue weighted by molar-refractivity contribution is 0.586. The normalized spacial score (nSPS) is 16.4. The molecule has 0 bridgehead atoms. The minimum atomic E-state index is -3.71.